The Hall–Kier alpha value is -3.78. The number of ether oxygens (including phenoxy) is 2. The monoisotopic (exact) mass is 396 g/mol. The minimum atomic E-state index is -3.96. The van der Waals surface area contributed by atoms with Gasteiger partial charge in [-0.25, -0.2) is 4.79 Å². The Morgan fingerprint density at radius 2 is 2.07 bits per heavy atom. The number of benzene rings is 1. The number of aromatic nitrogens is 1. The summed E-state index contributed by atoms with van der Waals surface area (Å²) in [6, 6.07) is 10.2. The van der Waals surface area contributed by atoms with E-state index in [1.165, 1.54) is 12.4 Å². The summed E-state index contributed by atoms with van der Waals surface area (Å²) in [7, 11) is 0. The minimum Gasteiger partial charge on any atom is -0.457 e. The number of hydrogen-bond acceptors (Lipinski definition) is 3. The van der Waals surface area contributed by atoms with Gasteiger partial charge in [-0.1, -0.05) is 12.1 Å². The first kappa shape index (κ1) is 18.6. The Morgan fingerprint density at radius 3 is 2.83 bits per heavy atom. The third kappa shape index (κ3) is 3.41. The second kappa shape index (κ2) is 7.33. The van der Waals surface area contributed by atoms with Crippen LogP contribution in [0.1, 0.15) is 11.3 Å². The van der Waals surface area contributed by atoms with Gasteiger partial charge in [0.15, 0.2) is 0 Å². The molecule has 0 unspecified atom stereocenters. The van der Waals surface area contributed by atoms with E-state index in [1.807, 2.05) is 0 Å². The number of allylic oxidation sites excluding steroid dienone is 2. The van der Waals surface area contributed by atoms with Gasteiger partial charge in [0.1, 0.15) is 12.0 Å². The Kier molecular flexibility index (Phi) is 4.70. The molecule has 1 aromatic carbocycles. The summed E-state index contributed by atoms with van der Waals surface area (Å²) in [6.07, 6.45) is 6.98. The predicted molar refractivity (Wildman–Crippen MR) is 102 cm³/mol. The van der Waals surface area contributed by atoms with Crippen LogP contribution in [-0.4, -0.2) is 45.7 Å². The molecule has 7 nitrogen and oxygen atoms in total. The molecule has 4 rings (SSSR count). The maximum Gasteiger partial charge on any atom is 0.737 e. The van der Waals surface area contributed by atoms with E-state index in [9.17, 15) is 13.4 Å². The fraction of sp³-hybridized carbons (Fsp3) is 0.105. The summed E-state index contributed by atoms with van der Waals surface area (Å²) in [4.78, 5) is 13.7. The van der Waals surface area contributed by atoms with Gasteiger partial charge >= 0.3 is 19.2 Å². The van der Waals surface area contributed by atoms with Crippen LogP contribution < -0.4 is 4.74 Å². The van der Waals surface area contributed by atoms with Crippen molar-refractivity contribution >= 4 is 31.1 Å². The molecule has 0 radical (unpaired) electrons. The molecule has 3 heterocycles. The van der Waals surface area contributed by atoms with Crippen LogP contribution in [0.5, 0.6) is 5.75 Å². The molecule has 0 fully saturated rings. The molecular weight excluding hydrogens is 381 g/mol. The molecule has 0 saturated carbocycles. The lowest BCUT2D eigenvalue weighted by Gasteiger charge is -2.30. The number of nitrogens with zero attached hydrogens (tertiary/aromatic N) is 4. The summed E-state index contributed by atoms with van der Waals surface area (Å²) in [6.45, 7) is -3.83. The van der Waals surface area contributed by atoms with Crippen molar-refractivity contribution in [3.63, 3.8) is 0 Å². The predicted octanol–water partition coefficient (Wildman–Crippen LogP) is 2.51. The van der Waals surface area contributed by atoms with E-state index >= 15 is 0 Å². The lowest BCUT2D eigenvalue weighted by molar-refractivity contribution is -0.357. The Balaban J connectivity index is 1.51. The van der Waals surface area contributed by atoms with Crippen LogP contribution in [0.2, 0.25) is 0 Å². The van der Waals surface area contributed by atoms with Gasteiger partial charge in [0, 0.05) is 18.6 Å². The van der Waals surface area contributed by atoms with Gasteiger partial charge in [-0.15, -0.1) is 0 Å². The first-order valence-corrected chi connectivity index (χ1v) is 8.85. The third-order valence-corrected chi connectivity index (χ3v) is 4.63. The van der Waals surface area contributed by atoms with Gasteiger partial charge in [-0.2, -0.15) is 4.79 Å². The smallest absolute Gasteiger partial charge is 0.457 e. The number of halogens is 2. The quantitative estimate of drug-likeness (QED) is 0.248. The van der Waals surface area contributed by atoms with Crippen molar-refractivity contribution in [2.75, 3.05) is 6.61 Å². The highest BCUT2D eigenvalue weighted by Crippen LogP contribution is 2.36. The van der Waals surface area contributed by atoms with Crippen molar-refractivity contribution < 1.29 is 32.2 Å². The van der Waals surface area contributed by atoms with Crippen LogP contribution in [0, 0.1) is 0 Å². The van der Waals surface area contributed by atoms with Crippen molar-refractivity contribution in [3.8, 4) is 5.75 Å². The van der Waals surface area contributed by atoms with E-state index in [-0.39, 0.29) is 6.61 Å². The van der Waals surface area contributed by atoms with E-state index in [0.717, 1.165) is 14.5 Å². The van der Waals surface area contributed by atoms with Crippen molar-refractivity contribution in [1.82, 2.24) is 4.48 Å². The lowest BCUT2D eigenvalue weighted by Crippen LogP contribution is -2.49. The summed E-state index contributed by atoms with van der Waals surface area (Å²) in [5, 5.41) is 0. The molecule has 0 bridgehead atoms. The average molecular weight is 396 g/mol. The molecular formula is C19H15BF2N4O3. The Bertz CT molecular complexity index is 1110. The molecule has 1 aromatic heterocycles. The normalized spacial score (nSPS) is 15.9. The van der Waals surface area contributed by atoms with Gasteiger partial charge in [-0.3, -0.25) is 0 Å². The number of rotatable bonds is 6. The zero-order valence-electron chi connectivity index (χ0n) is 15.1. The molecule has 29 heavy (non-hydrogen) atoms. The molecule has 146 valence electrons. The van der Waals surface area contributed by atoms with Crippen LogP contribution in [0.3, 0.4) is 0 Å². The highest BCUT2D eigenvalue weighted by atomic mass is 19.2. The van der Waals surface area contributed by atoms with E-state index in [0.29, 0.717) is 35.5 Å². The zero-order valence-corrected chi connectivity index (χ0v) is 15.1. The fourth-order valence-electron chi connectivity index (χ4n) is 3.28. The SMILES string of the molecule is [N-]=[N+]=CC(=O)OCCc1ccc(OC2=C3C=CC=[N+]3[B-](F)(F)n3cccc32)cc1. The standard InChI is InChI=1S/C19H15BF2N4O3/c21-20(22)25-10-1-3-16(25)19(17-4-2-11-26(17)20)29-15-7-5-14(6-8-15)9-12-28-18(27)13-24-23/h1-8,10-11,13H,9,12H2. The minimum absolute atomic E-state index is 0.126. The number of carbonyl (C=O) groups is 1. The number of fused-ring (bicyclic) bond motifs is 2. The van der Waals surface area contributed by atoms with Crippen LogP contribution >= 0.6 is 0 Å². The van der Waals surface area contributed by atoms with Crippen molar-refractivity contribution in [2.24, 2.45) is 0 Å². The largest absolute Gasteiger partial charge is 0.737 e. The average Bonchev–Trinajstić information content (AvgIpc) is 3.37. The first-order valence-electron chi connectivity index (χ1n) is 8.85. The first-order chi connectivity index (χ1) is 14.0. The maximum absolute atomic E-state index is 14.7. The maximum atomic E-state index is 14.7. The van der Waals surface area contributed by atoms with Crippen LogP contribution in [0.4, 0.5) is 8.63 Å². The molecule has 0 atom stereocenters. The summed E-state index contributed by atoms with van der Waals surface area (Å²) >= 11 is 0. The highest BCUT2D eigenvalue weighted by Gasteiger charge is 2.52. The van der Waals surface area contributed by atoms with E-state index in [1.54, 1.807) is 48.6 Å². The van der Waals surface area contributed by atoms with Crippen molar-refractivity contribution in [1.29, 1.82) is 0 Å². The molecule has 0 aliphatic carbocycles. The third-order valence-electron chi connectivity index (χ3n) is 4.63. The van der Waals surface area contributed by atoms with Crippen molar-refractivity contribution in [2.45, 2.75) is 6.42 Å². The van der Waals surface area contributed by atoms with Crippen LogP contribution in [-0.2, 0) is 16.0 Å². The summed E-state index contributed by atoms with van der Waals surface area (Å²) < 4.78 is 42.1. The Morgan fingerprint density at radius 1 is 1.28 bits per heavy atom. The molecule has 2 aliphatic rings. The van der Waals surface area contributed by atoms with Gasteiger partial charge in [0.2, 0.25) is 11.5 Å². The van der Waals surface area contributed by atoms with Crippen LogP contribution in [0.15, 0.2) is 60.4 Å². The van der Waals surface area contributed by atoms with E-state index in [4.69, 9.17) is 15.0 Å². The van der Waals surface area contributed by atoms with Gasteiger partial charge in [-0.05, 0) is 36.0 Å². The van der Waals surface area contributed by atoms with E-state index in [2.05, 4.69) is 4.79 Å². The van der Waals surface area contributed by atoms with Gasteiger partial charge < -0.3 is 32.6 Å². The second-order valence-electron chi connectivity index (χ2n) is 6.43. The molecule has 0 spiro atoms. The number of hydrogen-bond donors (Lipinski definition) is 0. The number of carbonyl (C=O) groups excluding carboxylic acids is 1. The Labute approximate surface area is 164 Å². The molecule has 0 saturated heterocycles. The fourth-order valence-corrected chi connectivity index (χ4v) is 3.28. The molecule has 0 amide bonds. The highest BCUT2D eigenvalue weighted by molar-refractivity contribution is 6.57. The lowest BCUT2D eigenvalue weighted by atomic mass is 9.91. The van der Waals surface area contributed by atoms with Gasteiger partial charge in [0.05, 0.1) is 12.3 Å². The zero-order chi connectivity index (χ0) is 20.4. The number of esters is 1. The van der Waals surface area contributed by atoms with Crippen LogP contribution in [0.25, 0.3) is 11.3 Å². The molecule has 0 N–H and O–H groups in total. The molecule has 2 aromatic rings. The summed E-state index contributed by atoms with van der Waals surface area (Å²) in [5.41, 5.74) is 9.76. The molecule has 10 heteroatoms. The molecule has 2 aliphatic heterocycles. The summed E-state index contributed by atoms with van der Waals surface area (Å²) in [5.74, 6) is 0.106. The second-order valence-corrected chi connectivity index (χ2v) is 6.43. The van der Waals surface area contributed by atoms with Crippen molar-refractivity contribution in [3.05, 3.63) is 77.2 Å². The topological polar surface area (TPSA) is 79.9 Å². The van der Waals surface area contributed by atoms with Gasteiger partial charge in [0.25, 0.3) is 0 Å². The van der Waals surface area contributed by atoms with E-state index < -0.39 is 12.9 Å².